The molecule has 0 bridgehead atoms. The Morgan fingerprint density at radius 1 is 1.11 bits per heavy atom. The minimum absolute atomic E-state index is 0.0531. The summed E-state index contributed by atoms with van der Waals surface area (Å²) < 4.78 is 26.7. The van der Waals surface area contributed by atoms with E-state index in [-0.39, 0.29) is 28.2 Å². The van der Waals surface area contributed by atoms with Crippen LogP contribution in [-0.4, -0.2) is 20.2 Å². The van der Waals surface area contributed by atoms with Gasteiger partial charge in [0, 0.05) is 17.5 Å². The van der Waals surface area contributed by atoms with Crippen LogP contribution in [0.2, 0.25) is 0 Å². The number of sulfonamides is 1. The lowest BCUT2D eigenvalue weighted by Crippen LogP contribution is -2.31. The number of rotatable bonds is 5. The fourth-order valence-corrected chi connectivity index (χ4v) is 3.05. The van der Waals surface area contributed by atoms with Crippen molar-refractivity contribution < 1.29 is 13.2 Å². The van der Waals surface area contributed by atoms with Crippen LogP contribution in [-0.2, 0) is 10.0 Å². The first-order chi connectivity index (χ1) is 8.25. The third-order valence-corrected chi connectivity index (χ3v) is 4.07. The first-order valence-electron chi connectivity index (χ1n) is 5.91. The Hall–Kier alpha value is -1.20. The Kier molecular flexibility index (Phi) is 4.65. The van der Waals surface area contributed by atoms with Crippen molar-refractivity contribution in [1.29, 1.82) is 0 Å². The first-order valence-corrected chi connectivity index (χ1v) is 7.39. The minimum atomic E-state index is -3.64. The highest BCUT2D eigenvalue weighted by atomic mass is 32.2. The molecular weight excluding hydrogens is 250 g/mol. The van der Waals surface area contributed by atoms with Crippen LogP contribution in [0, 0.1) is 5.92 Å². The van der Waals surface area contributed by atoms with E-state index in [2.05, 4.69) is 4.72 Å². The molecule has 4 nitrogen and oxygen atoms in total. The lowest BCUT2D eigenvalue weighted by molar-refractivity contribution is 0.0936. The molecule has 0 aromatic heterocycles. The molecule has 5 heteroatoms. The molecule has 0 aliphatic heterocycles. The average Bonchev–Trinajstić information content (AvgIpc) is 2.26. The molecule has 0 atom stereocenters. The van der Waals surface area contributed by atoms with Crippen molar-refractivity contribution in [2.45, 2.75) is 38.6 Å². The maximum Gasteiger partial charge on any atom is 0.241 e. The second-order valence-corrected chi connectivity index (χ2v) is 6.47. The zero-order valence-electron chi connectivity index (χ0n) is 11.1. The van der Waals surface area contributed by atoms with Crippen LogP contribution in [0.3, 0.4) is 0 Å². The summed E-state index contributed by atoms with van der Waals surface area (Å²) in [6.45, 7) is 6.98. The zero-order valence-corrected chi connectivity index (χ0v) is 11.9. The number of hydrogen-bond donors (Lipinski definition) is 1. The van der Waals surface area contributed by atoms with E-state index in [0.29, 0.717) is 0 Å². The maximum absolute atomic E-state index is 12.1. The monoisotopic (exact) mass is 269 g/mol. The third-order valence-electron chi connectivity index (χ3n) is 2.36. The van der Waals surface area contributed by atoms with Crippen LogP contribution in [0.5, 0.6) is 0 Å². The lowest BCUT2D eigenvalue weighted by atomic mass is 10.0. The first kappa shape index (κ1) is 14.9. The fourth-order valence-electron chi connectivity index (χ4n) is 1.59. The van der Waals surface area contributed by atoms with Gasteiger partial charge in [-0.2, -0.15) is 0 Å². The second kappa shape index (κ2) is 5.63. The van der Waals surface area contributed by atoms with E-state index in [9.17, 15) is 13.2 Å². The van der Waals surface area contributed by atoms with Crippen molar-refractivity contribution >= 4 is 15.8 Å². The van der Waals surface area contributed by atoms with Gasteiger partial charge in [0.2, 0.25) is 10.0 Å². The van der Waals surface area contributed by atoms with Gasteiger partial charge in [0.25, 0.3) is 0 Å². The van der Waals surface area contributed by atoms with Gasteiger partial charge < -0.3 is 0 Å². The number of hydrogen-bond acceptors (Lipinski definition) is 3. The van der Waals surface area contributed by atoms with E-state index < -0.39 is 10.0 Å². The predicted molar refractivity (Wildman–Crippen MR) is 71.1 cm³/mol. The zero-order chi connectivity index (χ0) is 13.9. The number of benzene rings is 1. The summed E-state index contributed by atoms with van der Waals surface area (Å²) in [6, 6.07) is 6.09. The minimum Gasteiger partial charge on any atom is -0.294 e. The van der Waals surface area contributed by atoms with E-state index in [1.165, 1.54) is 6.07 Å². The average molecular weight is 269 g/mol. The Morgan fingerprint density at radius 3 is 2.17 bits per heavy atom. The fraction of sp³-hybridized carbons (Fsp3) is 0.462. The van der Waals surface area contributed by atoms with Crippen molar-refractivity contribution in [1.82, 2.24) is 4.72 Å². The van der Waals surface area contributed by atoms with Gasteiger partial charge in [0.05, 0.1) is 4.90 Å². The van der Waals surface area contributed by atoms with Gasteiger partial charge in [-0.05, 0) is 19.9 Å². The molecule has 0 unspecified atom stereocenters. The van der Waals surface area contributed by atoms with Gasteiger partial charge >= 0.3 is 0 Å². The summed E-state index contributed by atoms with van der Waals surface area (Å²) in [4.78, 5) is 12.1. The highest BCUT2D eigenvalue weighted by Gasteiger charge is 2.23. The number of nitrogens with one attached hydrogen (secondary N) is 1. The SMILES string of the molecule is CC(C)NS(=O)(=O)c1ccccc1C(=O)C(C)C. The number of carbonyl (C=O) groups excluding carboxylic acids is 1. The highest BCUT2D eigenvalue weighted by Crippen LogP contribution is 2.19. The van der Waals surface area contributed by atoms with Crippen LogP contribution in [0.15, 0.2) is 29.2 Å². The van der Waals surface area contributed by atoms with Gasteiger partial charge in [-0.15, -0.1) is 0 Å². The normalized spacial score (nSPS) is 12.1. The molecule has 0 aliphatic carbocycles. The Labute approximate surface area is 108 Å². The molecule has 0 fully saturated rings. The van der Waals surface area contributed by atoms with Gasteiger partial charge in [-0.1, -0.05) is 32.0 Å². The summed E-state index contributed by atoms with van der Waals surface area (Å²) in [7, 11) is -3.64. The standard InChI is InChI=1S/C13H19NO3S/c1-9(2)13(15)11-7-5-6-8-12(11)18(16,17)14-10(3)4/h5-10,14H,1-4H3. The van der Waals surface area contributed by atoms with Crippen molar-refractivity contribution in [2.75, 3.05) is 0 Å². The third kappa shape index (κ3) is 3.40. The highest BCUT2D eigenvalue weighted by molar-refractivity contribution is 7.89. The largest absolute Gasteiger partial charge is 0.294 e. The summed E-state index contributed by atoms with van der Waals surface area (Å²) >= 11 is 0. The summed E-state index contributed by atoms with van der Waals surface area (Å²) in [6.07, 6.45) is 0. The van der Waals surface area contributed by atoms with Crippen molar-refractivity contribution in [2.24, 2.45) is 5.92 Å². The molecular formula is C13H19NO3S. The van der Waals surface area contributed by atoms with E-state index in [1.54, 1.807) is 45.9 Å². The smallest absolute Gasteiger partial charge is 0.241 e. The van der Waals surface area contributed by atoms with E-state index in [1.807, 2.05) is 0 Å². The van der Waals surface area contributed by atoms with Gasteiger partial charge in [-0.3, -0.25) is 4.79 Å². The number of ketones is 1. The van der Waals surface area contributed by atoms with Crippen molar-refractivity contribution in [3.8, 4) is 0 Å². The number of Topliss-reactive ketones (excluding diaryl/α,β-unsaturated/α-hetero) is 1. The molecule has 0 saturated heterocycles. The van der Waals surface area contributed by atoms with E-state index >= 15 is 0 Å². The molecule has 0 radical (unpaired) electrons. The van der Waals surface area contributed by atoms with Crippen LogP contribution in [0.1, 0.15) is 38.1 Å². The Balaban J connectivity index is 3.30. The summed E-state index contributed by atoms with van der Waals surface area (Å²) in [5, 5.41) is 0. The van der Waals surface area contributed by atoms with Crippen LogP contribution in [0.4, 0.5) is 0 Å². The quantitative estimate of drug-likeness (QED) is 0.834. The molecule has 18 heavy (non-hydrogen) atoms. The summed E-state index contributed by atoms with van der Waals surface area (Å²) in [5.41, 5.74) is 0.251. The van der Waals surface area contributed by atoms with Crippen LogP contribution >= 0.6 is 0 Å². The van der Waals surface area contributed by atoms with Gasteiger partial charge in [-0.25, -0.2) is 13.1 Å². The molecule has 0 heterocycles. The molecule has 1 rings (SSSR count). The van der Waals surface area contributed by atoms with E-state index in [0.717, 1.165) is 0 Å². The predicted octanol–water partition coefficient (Wildman–Crippen LogP) is 2.21. The second-order valence-electron chi connectivity index (χ2n) is 4.79. The maximum atomic E-state index is 12.1. The van der Waals surface area contributed by atoms with Crippen LogP contribution < -0.4 is 4.72 Å². The summed E-state index contributed by atoms with van der Waals surface area (Å²) in [5.74, 6) is -0.403. The van der Waals surface area contributed by atoms with Crippen molar-refractivity contribution in [3.05, 3.63) is 29.8 Å². The van der Waals surface area contributed by atoms with Gasteiger partial charge in [0.1, 0.15) is 0 Å². The molecule has 1 aromatic rings. The van der Waals surface area contributed by atoms with Crippen molar-refractivity contribution in [3.63, 3.8) is 0 Å². The molecule has 0 spiro atoms. The van der Waals surface area contributed by atoms with Crippen LogP contribution in [0.25, 0.3) is 0 Å². The molecule has 100 valence electrons. The van der Waals surface area contributed by atoms with Gasteiger partial charge in [0.15, 0.2) is 5.78 Å². The topological polar surface area (TPSA) is 63.2 Å². The molecule has 0 saturated carbocycles. The number of carbonyl (C=O) groups is 1. The molecule has 1 aromatic carbocycles. The Bertz CT molecular complexity index is 533. The molecule has 0 amide bonds. The Morgan fingerprint density at radius 2 is 1.67 bits per heavy atom. The molecule has 0 aliphatic rings. The molecule has 1 N–H and O–H groups in total. The van der Waals surface area contributed by atoms with E-state index in [4.69, 9.17) is 0 Å². The lowest BCUT2D eigenvalue weighted by Gasteiger charge is -2.13.